The predicted molar refractivity (Wildman–Crippen MR) is 70.3 cm³/mol. The number of methoxy groups -OCH3 is 2. The lowest BCUT2D eigenvalue weighted by Crippen LogP contribution is -1.96. The molecular weight excluding hydrogens is 247 g/mol. The van der Waals surface area contributed by atoms with Crippen LogP contribution in [0.3, 0.4) is 0 Å². The summed E-state index contributed by atoms with van der Waals surface area (Å²) in [5.41, 5.74) is 1.68. The van der Waals surface area contributed by atoms with E-state index in [4.69, 9.17) is 9.47 Å². The average molecular weight is 260 g/mol. The Morgan fingerprint density at radius 1 is 1.11 bits per heavy atom. The highest BCUT2D eigenvalue weighted by Crippen LogP contribution is 2.39. The van der Waals surface area contributed by atoms with Gasteiger partial charge in [-0.05, 0) is 29.8 Å². The van der Waals surface area contributed by atoms with E-state index < -0.39 is 0 Å². The van der Waals surface area contributed by atoms with Crippen molar-refractivity contribution < 1.29 is 18.7 Å². The molecule has 0 radical (unpaired) electrons. The van der Waals surface area contributed by atoms with Crippen molar-refractivity contribution in [3.8, 4) is 22.6 Å². The van der Waals surface area contributed by atoms with E-state index in [1.54, 1.807) is 24.3 Å². The number of carbonyl (C=O) groups excluding carboxylic acids is 1. The Morgan fingerprint density at radius 2 is 1.89 bits per heavy atom. The van der Waals surface area contributed by atoms with Gasteiger partial charge in [-0.3, -0.25) is 4.79 Å². The summed E-state index contributed by atoms with van der Waals surface area (Å²) in [6.07, 6.45) is 0.713. The van der Waals surface area contributed by atoms with Crippen LogP contribution in [0.25, 0.3) is 11.1 Å². The molecule has 0 spiro atoms. The van der Waals surface area contributed by atoms with Gasteiger partial charge in [0.15, 0.2) is 11.5 Å². The van der Waals surface area contributed by atoms with Crippen LogP contribution in [-0.2, 0) is 0 Å². The van der Waals surface area contributed by atoms with E-state index in [0.717, 1.165) is 0 Å². The van der Waals surface area contributed by atoms with E-state index in [0.29, 0.717) is 34.5 Å². The molecule has 0 N–H and O–H groups in total. The van der Waals surface area contributed by atoms with Gasteiger partial charge in [-0.15, -0.1) is 0 Å². The summed E-state index contributed by atoms with van der Waals surface area (Å²) < 4.78 is 23.8. The largest absolute Gasteiger partial charge is 0.493 e. The maximum absolute atomic E-state index is 13.3. The molecule has 0 bridgehead atoms. The van der Waals surface area contributed by atoms with Crippen LogP contribution in [0.2, 0.25) is 0 Å². The summed E-state index contributed by atoms with van der Waals surface area (Å²) in [6.45, 7) is 0. The van der Waals surface area contributed by atoms with E-state index >= 15 is 0 Å². The quantitative estimate of drug-likeness (QED) is 0.791. The van der Waals surface area contributed by atoms with Crippen molar-refractivity contribution in [2.75, 3.05) is 14.2 Å². The summed E-state index contributed by atoms with van der Waals surface area (Å²) >= 11 is 0. The van der Waals surface area contributed by atoms with Crippen molar-refractivity contribution in [2.24, 2.45) is 0 Å². The first-order chi connectivity index (χ1) is 9.19. The Balaban J connectivity index is 2.69. The molecule has 0 aromatic heterocycles. The van der Waals surface area contributed by atoms with Gasteiger partial charge in [-0.2, -0.15) is 0 Å². The summed E-state index contributed by atoms with van der Waals surface area (Å²) in [4.78, 5) is 11.0. The molecular formula is C15H13FO3. The van der Waals surface area contributed by atoms with Crippen LogP contribution >= 0.6 is 0 Å². The highest BCUT2D eigenvalue weighted by molar-refractivity contribution is 5.84. The zero-order valence-corrected chi connectivity index (χ0v) is 10.6. The molecule has 3 nitrogen and oxygen atoms in total. The third-order valence-electron chi connectivity index (χ3n) is 2.77. The molecule has 0 aliphatic heterocycles. The molecule has 0 aliphatic carbocycles. The van der Waals surface area contributed by atoms with E-state index in [1.165, 1.54) is 26.4 Å². The Bertz CT molecular complexity index is 608. The average Bonchev–Trinajstić information content (AvgIpc) is 2.45. The topological polar surface area (TPSA) is 35.5 Å². The van der Waals surface area contributed by atoms with Crippen molar-refractivity contribution >= 4 is 6.29 Å². The zero-order valence-electron chi connectivity index (χ0n) is 10.6. The van der Waals surface area contributed by atoms with Gasteiger partial charge >= 0.3 is 0 Å². The molecule has 0 amide bonds. The fourth-order valence-electron chi connectivity index (χ4n) is 1.92. The lowest BCUT2D eigenvalue weighted by Gasteiger charge is -2.14. The second kappa shape index (κ2) is 5.52. The summed E-state index contributed by atoms with van der Waals surface area (Å²) in [5.74, 6) is 0.556. The minimum atomic E-state index is -0.352. The van der Waals surface area contributed by atoms with Crippen molar-refractivity contribution in [1.82, 2.24) is 0 Å². The van der Waals surface area contributed by atoms with Gasteiger partial charge in [0, 0.05) is 11.1 Å². The molecule has 0 saturated carbocycles. The van der Waals surface area contributed by atoms with E-state index in [1.807, 2.05) is 0 Å². The van der Waals surface area contributed by atoms with Crippen LogP contribution in [0, 0.1) is 5.82 Å². The molecule has 2 aromatic carbocycles. The van der Waals surface area contributed by atoms with Crippen LogP contribution in [0.5, 0.6) is 11.5 Å². The molecule has 19 heavy (non-hydrogen) atoms. The predicted octanol–water partition coefficient (Wildman–Crippen LogP) is 3.32. The van der Waals surface area contributed by atoms with Crippen LogP contribution in [-0.4, -0.2) is 20.5 Å². The van der Waals surface area contributed by atoms with E-state index in [-0.39, 0.29) is 5.82 Å². The number of aldehydes is 1. The molecule has 2 rings (SSSR count). The van der Waals surface area contributed by atoms with Crippen molar-refractivity contribution in [3.05, 3.63) is 47.8 Å². The standard InChI is InChI=1S/C15H13FO3/c1-18-14-7-10(9-17)6-13(15(14)19-2)11-4-3-5-12(16)8-11/h3-9H,1-2H3. The summed E-state index contributed by atoms with van der Waals surface area (Å²) in [6, 6.07) is 9.31. The zero-order chi connectivity index (χ0) is 13.8. The highest BCUT2D eigenvalue weighted by Gasteiger charge is 2.14. The number of halogens is 1. The Labute approximate surface area is 110 Å². The molecule has 0 saturated heterocycles. The van der Waals surface area contributed by atoms with E-state index in [9.17, 15) is 9.18 Å². The number of hydrogen-bond donors (Lipinski definition) is 0. The second-order valence-corrected chi connectivity index (χ2v) is 3.93. The molecule has 4 heteroatoms. The van der Waals surface area contributed by atoms with Gasteiger partial charge in [-0.1, -0.05) is 12.1 Å². The molecule has 0 heterocycles. The second-order valence-electron chi connectivity index (χ2n) is 3.93. The molecule has 98 valence electrons. The third-order valence-corrected chi connectivity index (χ3v) is 2.77. The molecule has 2 aromatic rings. The van der Waals surface area contributed by atoms with Gasteiger partial charge in [-0.25, -0.2) is 4.39 Å². The first-order valence-electron chi connectivity index (χ1n) is 5.66. The minimum absolute atomic E-state index is 0.352. The number of ether oxygens (including phenoxy) is 2. The SMILES string of the molecule is COc1cc(C=O)cc(-c2cccc(F)c2)c1OC. The highest BCUT2D eigenvalue weighted by atomic mass is 19.1. The summed E-state index contributed by atoms with van der Waals surface area (Å²) in [7, 11) is 2.99. The smallest absolute Gasteiger partial charge is 0.168 e. The van der Waals surface area contributed by atoms with Crippen LogP contribution in [0.1, 0.15) is 10.4 Å². The van der Waals surface area contributed by atoms with Gasteiger partial charge in [0.1, 0.15) is 12.1 Å². The minimum Gasteiger partial charge on any atom is -0.493 e. The van der Waals surface area contributed by atoms with Gasteiger partial charge < -0.3 is 9.47 Å². The third kappa shape index (κ3) is 2.57. The first-order valence-corrected chi connectivity index (χ1v) is 5.66. The fourth-order valence-corrected chi connectivity index (χ4v) is 1.92. The maximum atomic E-state index is 13.3. The molecule has 0 fully saturated rings. The van der Waals surface area contributed by atoms with Crippen LogP contribution < -0.4 is 9.47 Å². The maximum Gasteiger partial charge on any atom is 0.168 e. The van der Waals surface area contributed by atoms with Gasteiger partial charge in [0.25, 0.3) is 0 Å². The van der Waals surface area contributed by atoms with Crippen molar-refractivity contribution in [1.29, 1.82) is 0 Å². The summed E-state index contributed by atoms with van der Waals surface area (Å²) in [5, 5.41) is 0. The number of rotatable bonds is 4. The lowest BCUT2D eigenvalue weighted by molar-refractivity contribution is 0.112. The van der Waals surface area contributed by atoms with Crippen molar-refractivity contribution in [3.63, 3.8) is 0 Å². The Kier molecular flexibility index (Phi) is 3.80. The Morgan fingerprint density at radius 3 is 2.47 bits per heavy atom. The Hall–Kier alpha value is -2.36. The van der Waals surface area contributed by atoms with Crippen LogP contribution in [0.15, 0.2) is 36.4 Å². The normalized spacial score (nSPS) is 10.1. The number of carbonyl (C=O) groups is 1. The lowest BCUT2D eigenvalue weighted by atomic mass is 10.0. The van der Waals surface area contributed by atoms with Gasteiger partial charge in [0.05, 0.1) is 14.2 Å². The molecule has 0 atom stereocenters. The molecule has 0 unspecified atom stereocenters. The van der Waals surface area contributed by atoms with Crippen LogP contribution in [0.4, 0.5) is 4.39 Å². The fraction of sp³-hybridized carbons (Fsp3) is 0.133. The van der Waals surface area contributed by atoms with Crippen molar-refractivity contribution in [2.45, 2.75) is 0 Å². The number of hydrogen-bond acceptors (Lipinski definition) is 3. The number of benzene rings is 2. The van der Waals surface area contributed by atoms with E-state index in [2.05, 4.69) is 0 Å². The first kappa shape index (κ1) is 13.1. The molecule has 0 aliphatic rings. The monoisotopic (exact) mass is 260 g/mol. The van der Waals surface area contributed by atoms with Gasteiger partial charge in [0.2, 0.25) is 0 Å².